The van der Waals surface area contributed by atoms with Gasteiger partial charge in [-0.05, 0) is 26.2 Å². The van der Waals surface area contributed by atoms with Crippen molar-refractivity contribution in [3.05, 3.63) is 16.6 Å². The van der Waals surface area contributed by atoms with Gasteiger partial charge in [-0.25, -0.2) is 4.98 Å². The second-order valence-corrected chi connectivity index (χ2v) is 7.41. The average Bonchev–Trinajstić information content (AvgIpc) is 3.00. The number of hydrogen-bond donors (Lipinski definition) is 1. The van der Waals surface area contributed by atoms with Gasteiger partial charge >= 0.3 is 0 Å². The van der Waals surface area contributed by atoms with Crippen LogP contribution >= 0.6 is 11.3 Å². The van der Waals surface area contributed by atoms with Crippen LogP contribution in [0.3, 0.4) is 0 Å². The van der Waals surface area contributed by atoms with Gasteiger partial charge in [0.15, 0.2) is 0 Å². The van der Waals surface area contributed by atoms with Crippen molar-refractivity contribution in [1.82, 2.24) is 15.2 Å². The molecule has 20 heavy (non-hydrogen) atoms. The Labute approximate surface area is 127 Å². The van der Waals surface area contributed by atoms with Gasteiger partial charge < -0.3 is 5.32 Å². The van der Waals surface area contributed by atoms with Crippen LogP contribution in [0.5, 0.6) is 0 Å². The van der Waals surface area contributed by atoms with Gasteiger partial charge in [-0.2, -0.15) is 0 Å². The third kappa shape index (κ3) is 3.07. The van der Waals surface area contributed by atoms with Crippen LogP contribution in [0.15, 0.2) is 11.6 Å². The van der Waals surface area contributed by atoms with Crippen LogP contribution in [-0.4, -0.2) is 35.1 Å². The molecule has 3 atom stereocenters. The Hall–Kier alpha value is -0.450. The Kier molecular flexibility index (Phi) is 5.21. The average molecular weight is 295 g/mol. The first-order valence-electron chi connectivity index (χ1n) is 7.90. The van der Waals surface area contributed by atoms with Crippen LogP contribution in [0, 0.1) is 5.92 Å². The first kappa shape index (κ1) is 15.9. The molecular weight excluding hydrogens is 266 g/mol. The summed E-state index contributed by atoms with van der Waals surface area (Å²) in [4.78, 5) is 7.26. The molecule has 4 heteroatoms. The number of rotatable bonds is 5. The molecule has 1 aliphatic heterocycles. The molecule has 0 aromatic carbocycles. The van der Waals surface area contributed by atoms with Crippen molar-refractivity contribution in [2.45, 2.75) is 65.1 Å². The van der Waals surface area contributed by atoms with Crippen molar-refractivity contribution in [3.63, 3.8) is 0 Å². The fourth-order valence-corrected chi connectivity index (χ4v) is 3.96. The smallest absolute Gasteiger partial charge is 0.112 e. The summed E-state index contributed by atoms with van der Waals surface area (Å²) in [6.45, 7) is 13.8. The molecule has 0 aliphatic carbocycles. The minimum Gasteiger partial charge on any atom is -0.311 e. The standard InChI is InChI=1S/C16H29N3S/c1-6-12(3)14-11-19(13(7-2)10-18-14)16(4,5)15-17-8-9-20-15/h8-9,12-14,18H,6-7,10-11H2,1-5H3. The largest absolute Gasteiger partial charge is 0.311 e. The van der Waals surface area contributed by atoms with Crippen LogP contribution < -0.4 is 5.32 Å². The van der Waals surface area contributed by atoms with Crippen LogP contribution in [0.1, 0.15) is 52.5 Å². The summed E-state index contributed by atoms with van der Waals surface area (Å²) in [5, 5.41) is 7.09. The number of nitrogens with one attached hydrogen (secondary N) is 1. The van der Waals surface area contributed by atoms with Gasteiger partial charge in [-0.1, -0.05) is 27.2 Å². The van der Waals surface area contributed by atoms with Crippen LogP contribution in [-0.2, 0) is 5.54 Å². The zero-order chi connectivity index (χ0) is 14.8. The summed E-state index contributed by atoms with van der Waals surface area (Å²) < 4.78 is 0. The summed E-state index contributed by atoms with van der Waals surface area (Å²) in [6.07, 6.45) is 4.35. The van der Waals surface area contributed by atoms with E-state index in [0.717, 1.165) is 19.0 Å². The summed E-state index contributed by atoms with van der Waals surface area (Å²) in [6, 6.07) is 1.20. The molecule has 114 valence electrons. The molecule has 1 fully saturated rings. The van der Waals surface area contributed by atoms with E-state index >= 15 is 0 Å². The van der Waals surface area contributed by atoms with Gasteiger partial charge in [0.1, 0.15) is 5.01 Å². The van der Waals surface area contributed by atoms with Crippen molar-refractivity contribution in [2.75, 3.05) is 13.1 Å². The second kappa shape index (κ2) is 6.54. The quantitative estimate of drug-likeness (QED) is 0.901. The van der Waals surface area contributed by atoms with E-state index in [1.807, 2.05) is 6.20 Å². The third-order valence-corrected chi connectivity index (χ3v) is 6.01. The van der Waals surface area contributed by atoms with E-state index < -0.39 is 0 Å². The molecule has 2 heterocycles. The molecule has 3 nitrogen and oxygen atoms in total. The highest BCUT2D eigenvalue weighted by Gasteiger charge is 2.39. The van der Waals surface area contributed by atoms with Crippen molar-refractivity contribution in [1.29, 1.82) is 0 Å². The van der Waals surface area contributed by atoms with Gasteiger partial charge in [0.2, 0.25) is 0 Å². The minimum absolute atomic E-state index is 0.0304. The SMILES string of the molecule is CCC(C)C1CN(C(C)(C)c2nccs2)C(CC)CN1. The van der Waals surface area contributed by atoms with Gasteiger partial charge in [0.05, 0.1) is 5.54 Å². The van der Waals surface area contributed by atoms with Gasteiger partial charge in [0.25, 0.3) is 0 Å². The van der Waals surface area contributed by atoms with Crippen molar-refractivity contribution < 1.29 is 0 Å². The lowest BCUT2D eigenvalue weighted by atomic mass is 9.90. The predicted molar refractivity (Wildman–Crippen MR) is 87.2 cm³/mol. The molecule has 0 bridgehead atoms. The summed E-state index contributed by atoms with van der Waals surface area (Å²) in [5.74, 6) is 0.724. The third-order valence-electron chi connectivity index (χ3n) is 4.93. The summed E-state index contributed by atoms with van der Waals surface area (Å²) in [7, 11) is 0. The molecule has 0 radical (unpaired) electrons. The van der Waals surface area contributed by atoms with E-state index in [-0.39, 0.29) is 5.54 Å². The molecule has 1 saturated heterocycles. The van der Waals surface area contributed by atoms with Crippen molar-refractivity contribution >= 4 is 11.3 Å². The van der Waals surface area contributed by atoms with Crippen molar-refractivity contribution in [2.24, 2.45) is 5.92 Å². The normalized spacial score (nSPS) is 26.6. The summed E-state index contributed by atoms with van der Waals surface area (Å²) in [5.41, 5.74) is 0.0304. The molecule has 3 unspecified atom stereocenters. The molecule has 1 aromatic rings. The van der Waals surface area contributed by atoms with Gasteiger partial charge in [-0.3, -0.25) is 4.90 Å². The van der Waals surface area contributed by atoms with Gasteiger partial charge in [0, 0.05) is 36.8 Å². The molecule has 1 N–H and O–H groups in total. The lowest BCUT2D eigenvalue weighted by Crippen LogP contribution is -2.62. The number of hydrogen-bond acceptors (Lipinski definition) is 4. The molecule has 0 saturated carbocycles. The first-order valence-corrected chi connectivity index (χ1v) is 8.78. The number of nitrogens with zero attached hydrogens (tertiary/aromatic N) is 2. The molecule has 1 aromatic heterocycles. The number of piperazine rings is 1. The first-order chi connectivity index (χ1) is 9.50. The molecule has 0 spiro atoms. The van der Waals surface area contributed by atoms with E-state index in [2.05, 4.69) is 55.2 Å². The topological polar surface area (TPSA) is 28.2 Å². The summed E-state index contributed by atoms with van der Waals surface area (Å²) >= 11 is 1.78. The molecule has 0 amide bonds. The number of thiazole rings is 1. The number of aromatic nitrogens is 1. The van der Waals surface area contributed by atoms with E-state index in [1.54, 1.807) is 11.3 Å². The van der Waals surface area contributed by atoms with Crippen LogP contribution in [0.25, 0.3) is 0 Å². The van der Waals surface area contributed by atoms with Crippen molar-refractivity contribution in [3.8, 4) is 0 Å². The van der Waals surface area contributed by atoms with E-state index in [1.165, 1.54) is 17.8 Å². The minimum atomic E-state index is 0.0304. The fourth-order valence-electron chi connectivity index (χ4n) is 3.19. The van der Waals surface area contributed by atoms with E-state index in [0.29, 0.717) is 12.1 Å². The zero-order valence-electron chi connectivity index (χ0n) is 13.5. The van der Waals surface area contributed by atoms with E-state index in [9.17, 15) is 0 Å². The highest BCUT2D eigenvalue weighted by molar-refractivity contribution is 7.09. The van der Waals surface area contributed by atoms with Gasteiger partial charge in [-0.15, -0.1) is 11.3 Å². The Morgan fingerprint density at radius 2 is 2.25 bits per heavy atom. The molecule has 2 rings (SSSR count). The predicted octanol–water partition coefficient (Wildman–Crippen LogP) is 3.48. The lowest BCUT2D eigenvalue weighted by molar-refractivity contribution is 0.0159. The lowest BCUT2D eigenvalue weighted by Gasteiger charge is -2.49. The molecule has 1 aliphatic rings. The van der Waals surface area contributed by atoms with Crippen LogP contribution in [0.2, 0.25) is 0 Å². The highest BCUT2D eigenvalue weighted by atomic mass is 32.1. The Bertz CT molecular complexity index is 402. The Morgan fingerprint density at radius 1 is 1.50 bits per heavy atom. The Morgan fingerprint density at radius 3 is 2.80 bits per heavy atom. The Balaban J connectivity index is 2.20. The maximum atomic E-state index is 4.58. The van der Waals surface area contributed by atoms with Crippen LogP contribution in [0.4, 0.5) is 0 Å². The molecular formula is C16H29N3S. The second-order valence-electron chi connectivity index (χ2n) is 6.51. The maximum absolute atomic E-state index is 4.58. The monoisotopic (exact) mass is 295 g/mol. The maximum Gasteiger partial charge on any atom is 0.112 e. The zero-order valence-corrected chi connectivity index (χ0v) is 14.3. The van der Waals surface area contributed by atoms with E-state index in [4.69, 9.17) is 0 Å². The highest BCUT2D eigenvalue weighted by Crippen LogP contribution is 2.34. The fraction of sp³-hybridized carbons (Fsp3) is 0.812.